The van der Waals surface area contributed by atoms with Gasteiger partial charge < -0.3 is 19.5 Å². The molecule has 1 aromatic carbocycles. The van der Waals surface area contributed by atoms with Crippen molar-refractivity contribution in [1.29, 1.82) is 0 Å². The number of hydrogen-bond donors (Lipinski definition) is 2. The van der Waals surface area contributed by atoms with Crippen LogP contribution in [0.4, 0.5) is 0 Å². The number of methoxy groups -OCH3 is 1. The molecule has 0 aromatic heterocycles. The van der Waals surface area contributed by atoms with Gasteiger partial charge >= 0.3 is 0 Å². The maximum atomic E-state index is 12.8. The van der Waals surface area contributed by atoms with Gasteiger partial charge in [0.15, 0.2) is 0 Å². The first kappa shape index (κ1) is 17.7. The first-order valence-electron chi connectivity index (χ1n) is 7.07. The van der Waals surface area contributed by atoms with E-state index < -0.39 is 28.1 Å². The zero-order chi connectivity index (χ0) is 17.2. The second-order valence-corrected chi connectivity index (χ2v) is 6.73. The number of carbonyl (C=O) groups is 1. The largest absolute Gasteiger partial charge is 0.496 e. The van der Waals surface area contributed by atoms with Crippen LogP contribution in [0.15, 0.2) is 23.1 Å². The zero-order valence-electron chi connectivity index (χ0n) is 12.9. The summed E-state index contributed by atoms with van der Waals surface area (Å²) >= 11 is 0. The van der Waals surface area contributed by atoms with Crippen molar-refractivity contribution < 1.29 is 27.8 Å². The van der Waals surface area contributed by atoms with E-state index in [1.54, 1.807) is 6.92 Å². The van der Waals surface area contributed by atoms with Crippen LogP contribution in [0.1, 0.15) is 17.3 Å². The highest BCUT2D eigenvalue weighted by atomic mass is 32.2. The molecule has 1 fully saturated rings. The molecule has 2 rings (SSSR count). The molecule has 0 bridgehead atoms. The molecule has 1 amide bonds. The predicted octanol–water partition coefficient (Wildman–Crippen LogP) is -0.436. The quantitative estimate of drug-likeness (QED) is 0.748. The van der Waals surface area contributed by atoms with Crippen molar-refractivity contribution in [2.75, 3.05) is 26.9 Å². The van der Waals surface area contributed by atoms with Crippen molar-refractivity contribution in [1.82, 2.24) is 4.90 Å². The van der Waals surface area contributed by atoms with Gasteiger partial charge in [-0.2, -0.15) is 0 Å². The summed E-state index contributed by atoms with van der Waals surface area (Å²) in [5.74, 6) is -0.223. The van der Waals surface area contributed by atoms with Crippen LogP contribution < -0.4 is 9.88 Å². The molecule has 2 atom stereocenters. The van der Waals surface area contributed by atoms with Crippen molar-refractivity contribution >= 4 is 15.9 Å². The Morgan fingerprint density at radius 3 is 2.65 bits per heavy atom. The summed E-state index contributed by atoms with van der Waals surface area (Å²) in [4.78, 5) is 14.1. The Morgan fingerprint density at radius 1 is 1.48 bits per heavy atom. The fourth-order valence-electron chi connectivity index (χ4n) is 2.54. The SMILES string of the molecule is CCN(C(=O)c1cc(S(N)(=O)=O)ccc1OC)[C@H]1COC[C@@H]1O. The molecule has 8 nitrogen and oxygen atoms in total. The maximum absolute atomic E-state index is 12.8. The second-order valence-electron chi connectivity index (χ2n) is 5.17. The molecule has 1 aromatic rings. The molecule has 23 heavy (non-hydrogen) atoms. The van der Waals surface area contributed by atoms with E-state index in [-0.39, 0.29) is 29.4 Å². The number of nitrogens with zero attached hydrogens (tertiary/aromatic N) is 1. The van der Waals surface area contributed by atoms with Gasteiger partial charge in [0, 0.05) is 6.54 Å². The fourth-order valence-corrected chi connectivity index (χ4v) is 3.08. The van der Waals surface area contributed by atoms with E-state index in [0.717, 1.165) is 0 Å². The van der Waals surface area contributed by atoms with Gasteiger partial charge in [0.25, 0.3) is 5.91 Å². The summed E-state index contributed by atoms with van der Waals surface area (Å²) in [7, 11) is -2.56. The van der Waals surface area contributed by atoms with Crippen LogP contribution in [0.3, 0.4) is 0 Å². The molecule has 128 valence electrons. The minimum atomic E-state index is -3.95. The zero-order valence-corrected chi connectivity index (χ0v) is 13.7. The Labute approximate surface area is 134 Å². The van der Waals surface area contributed by atoms with Crippen LogP contribution in [0, 0.1) is 0 Å². The second kappa shape index (κ2) is 6.83. The highest BCUT2D eigenvalue weighted by Gasteiger charge is 2.35. The van der Waals surface area contributed by atoms with Crippen molar-refractivity contribution in [3.05, 3.63) is 23.8 Å². The van der Waals surface area contributed by atoms with Gasteiger partial charge in [0.1, 0.15) is 5.75 Å². The number of aliphatic hydroxyl groups excluding tert-OH is 1. The molecule has 9 heteroatoms. The molecule has 3 N–H and O–H groups in total. The summed E-state index contributed by atoms with van der Waals surface area (Å²) < 4.78 is 33.3. The van der Waals surface area contributed by atoms with E-state index in [2.05, 4.69) is 0 Å². The monoisotopic (exact) mass is 344 g/mol. The summed E-state index contributed by atoms with van der Waals surface area (Å²) in [6.07, 6.45) is -0.786. The van der Waals surface area contributed by atoms with Crippen LogP contribution in [0.2, 0.25) is 0 Å². The Hall–Kier alpha value is -1.68. The third-order valence-electron chi connectivity index (χ3n) is 3.75. The Kier molecular flexibility index (Phi) is 5.25. The van der Waals surface area contributed by atoms with Crippen LogP contribution in [-0.4, -0.2) is 63.3 Å². The van der Waals surface area contributed by atoms with Gasteiger partial charge in [-0.1, -0.05) is 0 Å². The standard InChI is InChI=1S/C14H20N2O6S/c1-3-16(11-7-22-8-12(11)17)14(18)10-6-9(23(15,19)20)4-5-13(10)21-2/h4-6,11-12,17H,3,7-8H2,1-2H3,(H2,15,19,20)/t11-,12-/m0/s1. The molecule has 0 unspecified atom stereocenters. The number of amides is 1. The van der Waals surface area contributed by atoms with Gasteiger partial charge in [-0.3, -0.25) is 4.79 Å². The topological polar surface area (TPSA) is 119 Å². The predicted molar refractivity (Wildman–Crippen MR) is 81.7 cm³/mol. The van der Waals surface area contributed by atoms with Crippen molar-refractivity contribution in [3.63, 3.8) is 0 Å². The number of carbonyl (C=O) groups excluding carboxylic acids is 1. The average Bonchev–Trinajstić information content (AvgIpc) is 2.92. The summed E-state index contributed by atoms with van der Waals surface area (Å²) in [6, 6.07) is 3.34. The number of ether oxygens (including phenoxy) is 2. The minimum Gasteiger partial charge on any atom is -0.496 e. The normalized spacial score (nSPS) is 21.2. The van der Waals surface area contributed by atoms with Crippen LogP contribution >= 0.6 is 0 Å². The molecule has 1 aliphatic heterocycles. The number of benzene rings is 1. The van der Waals surface area contributed by atoms with E-state index in [0.29, 0.717) is 6.54 Å². The molecule has 0 saturated carbocycles. The highest BCUT2D eigenvalue weighted by molar-refractivity contribution is 7.89. The molecular formula is C14H20N2O6S. The lowest BCUT2D eigenvalue weighted by Crippen LogP contribution is -2.46. The van der Waals surface area contributed by atoms with Crippen molar-refractivity contribution in [2.24, 2.45) is 5.14 Å². The Morgan fingerprint density at radius 2 is 2.17 bits per heavy atom. The molecule has 0 aliphatic carbocycles. The average molecular weight is 344 g/mol. The molecular weight excluding hydrogens is 324 g/mol. The number of hydrogen-bond acceptors (Lipinski definition) is 6. The number of primary sulfonamides is 1. The highest BCUT2D eigenvalue weighted by Crippen LogP contribution is 2.25. The molecule has 1 saturated heterocycles. The van der Waals surface area contributed by atoms with Crippen LogP contribution in [0.25, 0.3) is 0 Å². The molecule has 0 spiro atoms. The van der Waals surface area contributed by atoms with E-state index in [9.17, 15) is 18.3 Å². The van der Waals surface area contributed by atoms with Crippen LogP contribution in [-0.2, 0) is 14.8 Å². The summed E-state index contributed by atoms with van der Waals surface area (Å²) in [6.45, 7) is 2.46. The number of rotatable bonds is 5. The number of aliphatic hydroxyl groups is 1. The van der Waals surface area contributed by atoms with Gasteiger partial charge in [-0.25, -0.2) is 13.6 Å². The first-order valence-corrected chi connectivity index (χ1v) is 8.61. The van der Waals surface area contributed by atoms with E-state index in [4.69, 9.17) is 14.6 Å². The maximum Gasteiger partial charge on any atom is 0.258 e. The van der Waals surface area contributed by atoms with Gasteiger partial charge in [-0.15, -0.1) is 0 Å². The third kappa shape index (κ3) is 3.63. The number of likely N-dealkylation sites (N-methyl/N-ethyl adjacent to an activating group) is 1. The van der Waals surface area contributed by atoms with E-state index in [1.807, 2.05) is 0 Å². The van der Waals surface area contributed by atoms with E-state index >= 15 is 0 Å². The summed E-state index contributed by atoms with van der Waals surface area (Å²) in [5, 5.41) is 15.0. The first-order chi connectivity index (χ1) is 10.8. The van der Waals surface area contributed by atoms with E-state index in [1.165, 1.54) is 30.2 Å². The Balaban J connectivity index is 2.43. The third-order valence-corrected chi connectivity index (χ3v) is 4.66. The Bertz CT molecular complexity index is 691. The lowest BCUT2D eigenvalue weighted by Gasteiger charge is -2.29. The van der Waals surface area contributed by atoms with Gasteiger partial charge in [-0.05, 0) is 25.1 Å². The van der Waals surface area contributed by atoms with Crippen molar-refractivity contribution in [3.8, 4) is 5.75 Å². The lowest BCUT2D eigenvalue weighted by molar-refractivity contribution is 0.0517. The number of nitrogens with two attached hydrogens (primary N) is 1. The van der Waals surface area contributed by atoms with Gasteiger partial charge in [0.2, 0.25) is 10.0 Å². The molecule has 1 aliphatic rings. The van der Waals surface area contributed by atoms with Crippen LogP contribution in [0.5, 0.6) is 5.75 Å². The van der Waals surface area contributed by atoms with Crippen molar-refractivity contribution in [2.45, 2.75) is 24.0 Å². The molecule has 0 radical (unpaired) electrons. The number of sulfonamides is 1. The fraction of sp³-hybridized carbons (Fsp3) is 0.500. The summed E-state index contributed by atoms with van der Waals surface area (Å²) in [5.41, 5.74) is 0.0694. The molecule has 1 heterocycles. The minimum absolute atomic E-state index is 0.0694. The van der Waals surface area contributed by atoms with Gasteiger partial charge in [0.05, 0.1) is 42.9 Å². The lowest BCUT2D eigenvalue weighted by atomic mass is 10.1. The smallest absolute Gasteiger partial charge is 0.258 e.